The molecule has 6 rings (SSSR count). The molecule has 0 radical (unpaired) electrons. The SMILES string of the molecule is Cn1c(=O)n(CC(=O)N2CCN(Cc3nc4sc5c(c4c(=O)[nH]3)CCCC5)CC2)c2ccccc21. The van der Waals surface area contributed by atoms with Gasteiger partial charge in [-0.2, -0.15) is 0 Å². The van der Waals surface area contributed by atoms with E-state index in [0.29, 0.717) is 38.5 Å². The van der Waals surface area contributed by atoms with Crippen molar-refractivity contribution in [3.63, 3.8) is 0 Å². The van der Waals surface area contributed by atoms with Gasteiger partial charge in [0.15, 0.2) is 0 Å². The number of benzene rings is 1. The minimum absolute atomic E-state index is 0.0289. The summed E-state index contributed by atoms with van der Waals surface area (Å²) in [6, 6.07) is 7.52. The predicted octanol–water partition coefficient (Wildman–Crippen LogP) is 1.86. The average molecular weight is 493 g/mol. The Hall–Kier alpha value is -3.24. The number of imidazole rings is 1. The van der Waals surface area contributed by atoms with Gasteiger partial charge in [0, 0.05) is 38.1 Å². The molecule has 1 saturated heterocycles. The van der Waals surface area contributed by atoms with Crippen LogP contribution in [0, 0.1) is 0 Å². The number of nitrogens with one attached hydrogen (secondary N) is 1. The van der Waals surface area contributed by atoms with E-state index >= 15 is 0 Å². The molecule has 35 heavy (non-hydrogen) atoms. The zero-order valence-corrected chi connectivity index (χ0v) is 20.6. The molecule has 3 aromatic heterocycles. The second kappa shape index (κ2) is 8.76. The number of aryl methyl sites for hydroxylation is 3. The Labute approximate surface area is 205 Å². The molecule has 0 unspecified atom stereocenters. The van der Waals surface area contributed by atoms with E-state index in [2.05, 4.69) is 9.88 Å². The van der Waals surface area contributed by atoms with Crippen LogP contribution in [0.2, 0.25) is 0 Å². The first-order valence-electron chi connectivity index (χ1n) is 12.2. The van der Waals surface area contributed by atoms with Gasteiger partial charge >= 0.3 is 5.69 Å². The maximum atomic E-state index is 13.0. The second-order valence-electron chi connectivity index (χ2n) is 9.48. The smallest absolute Gasteiger partial charge is 0.329 e. The van der Waals surface area contributed by atoms with E-state index in [9.17, 15) is 14.4 Å². The quantitative estimate of drug-likeness (QED) is 0.469. The first kappa shape index (κ1) is 22.2. The molecule has 0 atom stereocenters. The number of rotatable bonds is 4. The van der Waals surface area contributed by atoms with Gasteiger partial charge in [0.05, 0.1) is 23.0 Å². The molecule has 1 N–H and O–H groups in total. The summed E-state index contributed by atoms with van der Waals surface area (Å²) in [4.78, 5) is 52.5. The summed E-state index contributed by atoms with van der Waals surface area (Å²) in [6.07, 6.45) is 4.34. The normalized spacial score (nSPS) is 16.8. The minimum Gasteiger partial charge on any atom is -0.339 e. The lowest BCUT2D eigenvalue weighted by Gasteiger charge is -2.34. The van der Waals surface area contributed by atoms with Gasteiger partial charge in [-0.3, -0.25) is 23.6 Å². The molecule has 2 aliphatic rings. The van der Waals surface area contributed by atoms with E-state index in [-0.39, 0.29) is 23.7 Å². The third-order valence-electron chi connectivity index (χ3n) is 7.32. The van der Waals surface area contributed by atoms with Crippen molar-refractivity contribution in [2.75, 3.05) is 26.2 Å². The van der Waals surface area contributed by atoms with Crippen molar-refractivity contribution >= 4 is 38.5 Å². The molecule has 1 amide bonds. The number of fused-ring (bicyclic) bond motifs is 4. The summed E-state index contributed by atoms with van der Waals surface area (Å²) >= 11 is 1.67. The molecule has 9 nitrogen and oxygen atoms in total. The topological polar surface area (TPSA) is 96.2 Å². The third kappa shape index (κ3) is 3.90. The summed E-state index contributed by atoms with van der Waals surface area (Å²) in [6.45, 7) is 3.14. The summed E-state index contributed by atoms with van der Waals surface area (Å²) in [5.74, 6) is 0.628. The van der Waals surface area contributed by atoms with Gasteiger partial charge in [0.2, 0.25) is 5.91 Å². The van der Waals surface area contributed by atoms with Gasteiger partial charge in [0.1, 0.15) is 17.2 Å². The van der Waals surface area contributed by atoms with Gasteiger partial charge in [-0.15, -0.1) is 11.3 Å². The Kier molecular flexibility index (Phi) is 5.57. The van der Waals surface area contributed by atoms with Gasteiger partial charge < -0.3 is 9.88 Å². The molecular formula is C25H28N6O3S. The van der Waals surface area contributed by atoms with Crippen molar-refractivity contribution < 1.29 is 4.79 Å². The molecular weight excluding hydrogens is 464 g/mol. The van der Waals surface area contributed by atoms with Gasteiger partial charge in [-0.25, -0.2) is 9.78 Å². The Morgan fingerprint density at radius 3 is 2.60 bits per heavy atom. The number of H-pyrrole nitrogens is 1. The van der Waals surface area contributed by atoms with Crippen LogP contribution in [-0.4, -0.2) is 61.0 Å². The number of carbonyl (C=O) groups is 1. The fourth-order valence-electron chi connectivity index (χ4n) is 5.40. The molecule has 182 valence electrons. The fraction of sp³-hybridized carbons (Fsp3) is 0.440. The van der Waals surface area contributed by atoms with Gasteiger partial charge in [-0.1, -0.05) is 12.1 Å². The number of piperazine rings is 1. The highest BCUT2D eigenvalue weighted by atomic mass is 32.1. The lowest BCUT2D eigenvalue weighted by molar-refractivity contribution is -0.133. The van der Waals surface area contributed by atoms with Crippen LogP contribution < -0.4 is 11.2 Å². The zero-order chi connectivity index (χ0) is 24.1. The number of thiophene rings is 1. The first-order valence-corrected chi connectivity index (χ1v) is 13.0. The summed E-state index contributed by atoms with van der Waals surface area (Å²) < 4.78 is 3.13. The largest absolute Gasteiger partial charge is 0.339 e. The highest BCUT2D eigenvalue weighted by Gasteiger charge is 2.24. The standard InChI is InChI=1S/C25H28N6O3S/c1-28-17-7-3-4-8-18(17)31(25(28)34)15-21(32)30-12-10-29(11-13-30)14-20-26-23(33)22-16-6-2-5-9-19(16)35-24(22)27-20/h3-4,7-8H,2,5-6,9-15H2,1H3,(H,26,27,33). The molecule has 1 aromatic carbocycles. The Morgan fingerprint density at radius 2 is 1.80 bits per heavy atom. The van der Waals surface area contributed by atoms with Crippen molar-refractivity contribution in [3.05, 3.63) is 61.4 Å². The molecule has 4 aromatic rings. The number of amides is 1. The fourth-order valence-corrected chi connectivity index (χ4v) is 6.68. The number of aromatic nitrogens is 4. The van der Waals surface area contributed by atoms with Crippen LogP contribution in [0.15, 0.2) is 33.9 Å². The van der Waals surface area contributed by atoms with Crippen molar-refractivity contribution in [3.8, 4) is 0 Å². The van der Waals surface area contributed by atoms with E-state index in [0.717, 1.165) is 40.5 Å². The highest BCUT2D eigenvalue weighted by molar-refractivity contribution is 7.18. The number of hydrogen-bond donors (Lipinski definition) is 1. The summed E-state index contributed by atoms with van der Waals surface area (Å²) in [7, 11) is 1.73. The molecule has 1 fully saturated rings. The van der Waals surface area contributed by atoms with Crippen LogP contribution in [0.3, 0.4) is 0 Å². The van der Waals surface area contributed by atoms with Crippen molar-refractivity contribution in [1.29, 1.82) is 0 Å². The van der Waals surface area contributed by atoms with E-state index in [1.165, 1.54) is 16.9 Å². The Balaban J connectivity index is 1.12. The van der Waals surface area contributed by atoms with Crippen LogP contribution >= 0.6 is 11.3 Å². The van der Waals surface area contributed by atoms with Gasteiger partial charge in [-0.05, 0) is 43.4 Å². The van der Waals surface area contributed by atoms with Crippen LogP contribution in [0.4, 0.5) is 0 Å². The first-order chi connectivity index (χ1) is 17.0. The molecule has 1 aliphatic heterocycles. The van der Waals surface area contributed by atoms with Gasteiger partial charge in [0.25, 0.3) is 5.56 Å². The predicted molar refractivity (Wildman–Crippen MR) is 136 cm³/mol. The molecule has 0 spiro atoms. The summed E-state index contributed by atoms with van der Waals surface area (Å²) in [5.41, 5.74) is 2.58. The number of carbonyl (C=O) groups excluding carboxylic acids is 1. The van der Waals surface area contributed by atoms with E-state index in [1.807, 2.05) is 29.2 Å². The maximum Gasteiger partial charge on any atom is 0.329 e. The molecule has 1 aliphatic carbocycles. The number of aromatic amines is 1. The third-order valence-corrected chi connectivity index (χ3v) is 8.50. The van der Waals surface area contributed by atoms with Crippen LogP contribution in [0.25, 0.3) is 21.3 Å². The monoisotopic (exact) mass is 492 g/mol. The zero-order valence-electron chi connectivity index (χ0n) is 19.7. The van der Waals surface area contributed by atoms with E-state index < -0.39 is 0 Å². The van der Waals surface area contributed by atoms with Crippen molar-refractivity contribution in [2.45, 2.75) is 38.8 Å². The second-order valence-corrected chi connectivity index (χ2v) is 10.6. The minimum atomic E-state index is -0.182. The Morgan fingerprint density at radius 1 is 1.06 bits per heavy atom. The number of hydrogen-bond acceptors (Lipinski definition) is 6. The van der Waals surface area contributed by atoms with E-state index in [1.54, 1.807) is 27.5 Å². The molecule has 0 bridgehead atoms. The number of para-hydroxylation sites is 2. The molecule has 4 heterocycles. The average Bonchev–Trinajstić information content (AvgIpc) is 3.36. The van der Waals surface area contributed by atoms with Crippen LogP contribution in [0.1, 0.15) is 29.1 Å². The van der Waals surface area contributed by atoms with Crippen molar-refractivity contribution in [1.82, 2.24) is 28.9 Å². The lowest BCUT2D eigenvalue weighted by Crippen LogP contribution is -2.49. The molecule has 10 heteroatoms. The van der Waals surface area contributed by atoms with E-state index in [4.69, 9.17) is 4.98 Å². The maximum absolute atomic E-state index is 13.0. The van der Waals surface area contributed by atoms with Crippen molar-refractivity contribution in [2.24, 2.45) is 7.05 Å². The lowest BCUT2D eigenvalue weighted by atomic mass is 9.97. The van der Waals surface area contributed by atoms with Crippen LogP contribution in [-0.2, 0) is 37.8 Å². The number of nitrogens with zero attached hydrogens (tertiary/aromatic N) is 5. The Bertz CT molecular complexity index is 1550. The molecule has 0 saturated carbocycles. The highest BCUT2D eigenvalue weighted by Crippen LogP contribution is 2.33. The summed E-state index contributed by atoms with van der Waals surface area (Å²) in [5, 5.41) is 0.785. The van der Waals surface area contributed by atoms with Crippen LogP contribution in [0.5, 0.6) is 0 Å².